The van der Waals surface area contributed by atoms with E-state index >= 15 is 0 Å². The topological polar surface area (TPSA) is 34.5 Å². The SMILES string of the molecule is Cc1c(C)c(C(=O)N2CCOCC2)n(Cc2c(F)cccc2F)c1C. The van der Waals surface area contributed by atoms with Gasteiger partial charge in [0.15, 0.2) is 0 Å². The van der Waals surface area contributed by atoms with Crippen LogP contribution in [0.1, 0.15) is 32.9 Å². The zero-order valence-corrected chi connectivity index (χ0v) is 14.7. The Hall–Kier alpha value is -2.21. The van der Waals surface area contributed by atoms with Gasteiger partial charge in [0.05, 0.1) is 19.8 Å². The van der Waals surface area contributed by atoms with E-state index in [-0.39, 0.29) is 18.0 Å². The van der Waals surface area contributed by atoms with Gasteiger partial charge in [0.2, 0.25) is 0 Å². The molecule has 1 aliphatic rings. The first-order valence-electron chi connectivity index (χ1n) is 8.38. The molecule has 1 aromatic heterocycles. The lowest BCUT2D eigenvalue weighted by molar-refractivity contribution is 0.0295. The van der Waals surface area contributed by atoms with E-state index in [1.807, 2.05) is 20.8 Å². The van der Waals surface area contributed by atoms with Crippen LogP contribution < -0.4 is 0 Å². The van der Waals surface area contributed by atoms with E-state index < -0.39 is 11.6 Å². The van der Waals surface area contributed by atoms with Gasteiger partial charge >= 0.3 is 0 Å². The average Bonchev–Trinajstić information content (AvgIpc) is 2.82. The summed E-state index contributed by atoms with van der Waals surface area (Å²) < 4.78 is 35.2. The number of ether oxygens (including phenoxy) is 1. The van der Waals surface area contributed by atoms with Gasteiger partial charge in [-0.05, 0) is 44.0 Å². The van der Waals surface area contributed by atoms with Crippen LogP contribution in [0.15, 0.2) is 18.2 Å². The minimum atomic E-state index is -0.604. The summed E-state index contributed by atoms with van der Waals surface area (Å²) >= 11 is 0. The zero-order chi connectivity index (χ0) is 18.1. The molecule has 2 heterocycles. The molecule has 1 amide bonds. The molecule has 0 spiro atoms. The number of hydrogen-bond acceptors (Lipinski definition) is 2. The highest BCUT2D eigenvalue weighted by atomic mass is 19.1. The third-order valence-corrected chi connectivity index (χ3v) is 5.01. The average molecular weight is 348 g/mol. The van der Waals surface area contributed by atoms with Gasteiger partial charge < -0.3 is 14.2 Å². The van der Waals surface area contributed by atoms with E-state index in [1.165, 1.54) is 18.2 Å². The number of carbonyl (C=O) groups excluding carboxylic acids is 1. The first kappa shape index (κ1) is 17.6. The van der Waals surface area contributed by atoms with E-state index in [2.05, 4.69) is 0 Å². The molecule has 4 nitrogen and oxygen atoms in total. The predicted octanol–water partition coefficient (Wildman–Crippen LogP) is 3.21. The van der Waals surface area contributed by atoms with Crippen molar-refractivity contribution >= 4 is 5.91 Å². The van der Waals surface area contributed by atoms with Crippen LogP contribution >= 0.6 is 0 Å². The Morgan fingerprint density at radius 3 is 2.28 bits per heavy atom. The second kappa shape index (κ2) is 6.96. The molecule has 1 aliphatic heterocycles. The molecule has 0 atom stereocenters. The quantitative estimate of drug-likeness (QED) is 0.854. The number of rotatable bonds is 3. The van der Waals surface area contributed by atoms with Gasteiger partial charge in [-0.25, -0.2) is 8.78 Å². The maximum absolute atomic E-state index is 14.1. The molecule has 134 valence electrons. The van der Waals surface area contributed by atoms with Crippen LogP contribution in [0.25, 0.3) is 0 Å². The molecular formula is C19H22F2N2O2. The summed E-state index contributed by atoms with van der Waals surface area (Å²) in [6.45, 7) is 7.73. The molecular weight excluding hydrogens is 326 g/mol. The normalized spacial score (nSPS) is 14.8. The minimum absolute atomic E-state index is 0.00949. The van der Waals surface area contributed by atoms with Gasteiger partial charge in [-0.15, -0.1) is 0 Å². The van der Waals surface area contributed by atoms with E-state index in [0.717, 1.165) is 16.8 Å². The first-order valence-corrected chi connectivity index (χ1v) is 8.38. The highest BCUT2D eigenvalue weighted by Crippen LogP contribution is 2.25. The smallest absolute Gasteiger partial charge is 0.270 e. The maximum atomic E-state index is 14.1. The van der Waals surface area contributed by atoms with Gasteiger partial charge in [-0.1, -0.05) is 6.07 Å². The Bertz CT molecular complexity index is 788. The molecule has 1 fully saturated rings. The number of benzene rings is 1. The molecule has 0 unspecified atom stereocenters. The highest BCUT2D eigenvalue weighted by molar-refractivity contribution is 5.95. The van der Waals surface area contributed by atoms with Crippen molar-refractivity contribution in [1.29, 1.82) is 0 Å². The summed E-state index contributed by atoms with van der Waals surface area (Å²) in [6, 6.07) is 3.81. The Kier molecular flexibility index (Phi) is 4.90. The van der Waals surface area contributed by atoms with Crippen LogP contribution in [0.2, 0.25) is 0 Å². The van der Waals surface area contributed by atoms with Crippen molar-refractivity contribution < 1.29 is 18.3 Å². The second-order valence-electron chi connectivity index (χ2n) is 6.37. The lowest BCUT2D eigenvalue weighted by Crippen LogP contribution is -2.41. The molecule has 0 bridgehead atoms. The fourth-order valence-corrected chi connectivity index (χ4v) is 3.25. The molecule has 1 saturated heterocycles. The van der Waals surface area contributed by atoms with Crippen LogP contribution in [0.5, 0.6) is 0 Å². The molecule has 6 heteroatoms. The van der Waals surface area contributed by atoms with Gasteiger partial charge in [0.1, 0.15) is 17.3 Å². The Labute approximate surface area is 146 Å². The van der Waals surface area contributed by atoms with Crippen LogP contribution in [-0.2, 0) is 11.3 Å². The predicted molar refractivity (Wildman–Crippen MR) is 90.8 cm³/mol. The summed E-state index contributed by atoms with van der Waals surface area (Å²) in [6.07, 6.45) is 0. The first-order chi connectivity index (χ1) is 11.9. The lowest BCUT2D eigenvalue weighted by Gasteiger charge is -2.27. The van der Waals surface area contributed by atoms with Crippen LogP contribution in [0, 0.1) is 32.4 Å². The number of amides is 1. The molecule has 0 saturated carbocycles. The van der Waals surface area contributed by atoms with E-state index in [9.17, 15) is 13.6 Å². The number of aromatic nitrogens is 1. The van der Waals surface area contributed by atoms with Crippen molar-refractivity contribution in [3.63, 3.8) is 0 Å². The molecule has 2 aromatic rings. The molecule has 0 N–H and O–H groups in total. The third kappa shape index (κ3) is 3.18. The standard InChI is InChI=1S/C19H22F2N2O2/c1-12-13(2)18(19(24)22-7-9-25-10-8-22)23(14(12)3)11-15-16(20)5-4-6-17(15)21/h4-6H,7-11H2,1-3H3. The Balaban J connectivity index is 2.04. The molecule has 25 heavy (non-hydrogen) atoms. The van der Waals surface area contributed by atoms with Crippen molar-refractivity contribution in [3.05, 3.63) is 57.9 Å². The van der Waals surface area contributed by atoms with Crippen LogP contribution in [-0.4, -0.2) is 41.7 Å². The molecule has 3 rings (SSSR count). The monoisotopic (exact) mass is 348 g/mol. The third-order valence-electron chi connectivity index (χ3n) is 5.01. The lowest BCUT2D eigenvalue weighted by atomic mass is 10.1. The van der Waals surface area contributed by atoms with Gasteiger partial charge in [0, 0.05) is 24.3 Å². The summed E-state index contributed by atoms with van der Waals surface area (Å²) in [7, 11) is 0. The zero-order valence-electron chi connectivity index (χ0n) is 14.7. The summed E-state index contributed by atoms with van der Waals surface area (Å²) in [4.78, 5) is 14.8. The van der Waals surface area contributed by atoms with Gasteiger partial charge in [0.25, 0.3) is 5.91 Å². The van der Waals surface area contributed by atoms with E-state index in [0.29, 0.717) is 32.0 Å². The number of halogens is 2. The highest BCUT2D eigenvalue weighted by Gasteiger charge is 2.27. The Morgan fingerprint density at radius 2 is 1.68 bits per heavy atom. The summed E-state index contributed by atoms with van der Waals surface area (Å²) in [5, 5.41) is 0. The van der Waals surface area contributed by atoms with Crippen molar-refractivity contribution in [1.82, 2.24) is 9.47 Å². The number of hydrogen-bond donors (Lipinski definition) is 0. The summed E-state index contributed by atoms with van der Waals surface area (Å²) in [5.41, 5.74) is 3.13. The molecule has 0 aliphatic carbocycles. The number of nitrogens with zero attached hydrogens (tertiary/aromatic N) is 2. The summed E-state index contributed by atoms with van der Waals surface area (Å²) in [5.74, 6) is -1.32. The molecule has 1 aromatic carbocycles. The van der Waals surface area contributed by atoms with Crippen molar-refractivity contribution in [2.75, 3.05) is 26.3 Å². The van der Waals surface area contributed by atoms with Crippen molar-refractivity contribution in [3.8, 4) is 0 Å². The fraction of sp³-hybridized carbons (Fsp3) is 0.421. The fourth-order valence-electron chi connectivity index (χ4n) is 3.25. The number of morpholine rings is 1. The van der Waals surface area contributed by atoms with E-state index in [4.69, 9.17) is 4.74 Å². The minimum Gasteiger partial charge on any atom is -0.378 e. The van der Waals surface area contributed by atoms with Crippen LogP contribution in [0.4, 0.5) is 8.78 Å². The Morgan fingerprint density at radius 1 is 1.08 bits per heavy atom. The van der Waals surface area contributed by atoms with E-state index in [1.54, 1.807) is 9.47 Å². The van der Waals surface area contributed by atoms with Gasteiger partial charge in [-0.2, -0.15) is 0 Å². The van der Waals surface area contributed by atoms with Gasteiger partial charge in [-0.3, -0.25) is 4.79 Å². The second-order valence-corrected chi connectivity index (χ2v) is 6.37. The van der Waals surface area contributed by atoms with Crippen molar-refractivity contribution in [2.24, 2.45) is 0 Å². The van der Waals surface area contributed by atoms with Crippen molar-refractivity contribution in [2.45, 2.75) is 27.3 Å². The van der Waals surface area contributed by atoms with Crippen LogP contribution in [0.3, 0.4) is 0 Å². The molecule has 0 radical (unpaired) electrons. The number of carbonyl (C=O) groups is 1. The maximum Gasteiger partial charge on any atom is 0.270 e. The largest absolute Gasteiger partial charge is 0.378 e.